The molecule has 0 heterocycles. The van der Waals surface area contributed by atoms with Gasteiger partial charge in [-0.25, -0.2) is 4.57 Å². The number of hydrogen-bond acceptors (Lipinski definition) is 8. The van der Waals surface area contributed by atoms with Crippen molar-refractivity contribution in [3.8, 4) is 0 Å². The SMILES string of the molecule is CC/C=C\C/C=C\C/C=C\C/C=C\C/C=C\C/C=C\CCCCCCCCCCC(=O)OC(COC(=O)CCCCCCCCCCCCCCCCCCC/C=C\C/C=C\CCCCCCC)COP(=O)(O)OCCN. The third-order valence-corrected chi connectivity index (χ3v) is 14.4. The summed E-state index contributed by atoms with van der Waals surface area (Å²) < 4.78 is 33.1. The molecule has 0 aliphatic heterocycles. The van der Waals surface area contributed by atoms with Gasteiger partial charge in [-0.2, -0.15) is 0 Å². The maximum Gasteiger partial charge on any atom is 0.472 e. The largest absolute Gasteiger partial charge is 0.472 e. The topological polar surface area (TPSA) is 134 Å². The first-order chi connectivity index (χ1) is 37.8. The maximum absolute atomic E-state index is 12.7. The minimum Gasteiger partial charge on any atom is -0.462 e. The fourth-order valence-electron chi connectivity index (χ4n) is 8.79. The normalized spacial score (nSPS) is 13.7. The summed E-state index contributed by atoms with van der Waals surface area (Å²) in [6.45, 7) is 3.63. The second-order valence-electron chi connectivity index (χ2n) is 20.9. The zero-order chi connectivity index (χ0) is 55.9. The second kappa shape index (κ2) is 62.1. The number of hydrogen-bond donors (Lipinski definition) is 2. The van der Waals surface area contributed by atoms with Crippen molar-refractivity contribution in [3.05, 3.63) is 97.2 Å². The first kappa shape index (κ1) is 73.9. The molecule has 0 saturated carbocycles. The summed E-state index contributed by atoms with van der Waals surface area (Å²) in [6.07, 6.45) is 83.3. The third kappa shape index (κ3) is 62.0. The van der Waals surface area contributed by atoms with Crippen LogP contribution in [0.4, 0.5) is 0 Å². The van der Waals surface area contributed by atoms with Crippen molar-refractivity contribution < 1.29 is 37.6 Å². The zero-order valence-electron chi connectivity index (χ0n) is 49.7. The van der Waals surface area contributed by atoms with Crippen LogP contribution in [0.25, 0.3) is 0 Å². The van der Waals surface area contributed by atoms with Gasteiger partial charge in [-0.1, -0.05) is 272 Å². The molecule has 0 radical (unpaired) electrons. The van der Waals surface area contributed by atoms with Gasteiger partial charge in [0.1, 0.15) is 6.61 Å². The Kier molecular flexibility index (Phi) is 59.7. The van der Waals surface area contributed by atoms with Crippen LogP contribution < -0.4 is 5.73 Å². The number of rotatable bonds is 59. The predicted octanol–water partition coefficient (Wildman–Crippen LogP) is 20.4. The van der Waals surface area contributed by atoms with Crippen molar-refractivity contribution in [3.63, 3.8) is 0 Å². The average Bonchev–Trinajstić information content (AvgIpc) is 3.42. The van der Waals surface area contributed by atoms with Crippen molar-refractivity contribution in [2.75, 3.05) is 26.4 Å². The standard InChI is InChI=1S/C67H118NO8P/c1-3-5-7-9-11-13-15-17-19-21-23-25-27-29-31-32-34-35-37-39-41-43-45-47-49-51-53-55-57-59-66(69)73-63-65(64-75-77(71,72)74-62-61-68)76-67(70)60-58-56-54-52-50-48-46-44-42-40-38-36-33-30-28-26-24-22-20-18-16-14-12-10-8-6-4-2/h6,8,12,14-15,17-18,20-21,23-24,26,30,33,38,40,65H,3-5,7,9-11,13,16,19,22,25,27-29,31-32,34-37,39,41-64,68H2,1-2H3,(H,71,72)/b8-6-,14-12-,17-15-,20-18-,23-21-,26-24-,33-30-,40-38-. The molecule has 9 nitrogen and oxygen atoms in total. The van der Waals surface area contributed by atoms with E-state index in [2.05, 4.69) is 111 Å². The minimum atomic E-state index is -4.40. The molecule has 0 aromatic carbocycles. The number of carbonyl (C=O) groups excluding carboxylic acids is 2. The number of carbonyl (C=O) groups is 2. The van der Waals surface area contributed by atoms with Crippen LogP contribution in [0, 0.1) is 0 Å². The Bertz CT molecular complexity index is 1580. The van der Waals surface area contributed by atoms with E-state index in [0.29, 0.717) is 6.42 Å². The summed E-state index contributed by atoms with van der Waals surface area (Å²) in [7, 11) is -4.40. The van der Waals surface area contributed by atoms with Crippen LogP contribution in [0.1, 0.15) is 284 Å². The van der Waals surface area contributed by atoms with Crippen molar-refractivity contribution in [2.24, 2.45) is 5.73 Å². The van der Waals surface area contributed by atoms with Gasteiger partial charge >= 0.3 is 19.8 Å². The van der Waals surface area contributed by atoms with Gasteiger partial charge in [-0.05, 0) is 96.3 Å². The van der Waals surface area contributed by atoms with Crippen molar-refractivity contribution in [2.45, 2.75) is 290 Å². The van der Waals surface area contributed by atoms with E-state index in [4.69, 9.17) is 24.3 Å². The van der Waals surface area contributed by atoms with Gasteiger partial charge in [0, 0.05) is 19.4 Å². The van der Waals surface area contributed by atoms with E-state index < -0.39 is 26.5 Å². The molecule has 2 atom stereocenters. The number of unbranched alkanes of at least 4 members (excludes halogenated alkanes) is 30. The van der Waals surface area contributed by atoms with Gasteiger partial charge in [-0.15, -0.1) is 0 Å². The van der Waals surface area contributed by atoms with Crippen molar-refractivity contribution in [1.82, 2.24) is 0 Å². The molecule has 0 saturated heterocycles. The lowest BCUT2D eigenvalue weighted by Gasteiger charge is -2.19. The van der Waals surface area contributed by atoms with Crippen molar-refractivity contribution in [1.29, 1.82) is 0 Å². The first-order valence-electron chi connectivity index (χ1n) is 31.7. The van der Waals surface area contributed by atoms with E-state index in [1.165, 1.54) is 161 Å². The molecule has 0 aliphatic rings. The molecule has 0 rings (SSSR count). The van der Waals surface area contributed by atoms with Crippen LogP contribution in [0.2, 0.25) is 0 Å². The molecule has 0 aromatic rings. The molecule has 0 bridgehead atoms. The quantitative estimate of drug-likeness (QED) is 0.0264. The molecule has 3 N–H and O–H groups in total. The van der Waals surface area contributed by atoms with Crippen LogP contribution in [0.5, 0.6) is 0 Å². The molecular formula is C67H118NO8P. The summed E-state index contributed by atoms with van der Waals surface area (Å²) in [5, 5.41) is 0. The number of phosphoric acid groups is 1. The molecule has 0 fully saturated rings. The fourth-order valence-corrected chi connectivity index (χ4v) is 9.55. The number of esters is 2. The lowest BCUT2D eigenvalue weighted by Crippen LogP contribution is -2.29. The molecular weight excluding hydrogens is 978 g/mol. The lowest BCUT2D eigenvalue weighted by molar-refractivity contribution is -0.161. The Hall–Kier alpha value is -3.07. The molecule has 2 unspecified atom stereocenters. The zero-order valence-corrected chi connectivity index (χ0v) is 50.6. The Labute approximate surface area is 474 Å². The Morgan fingerprint density at radius 1 is 0.403 bits per heavy atom. The highest BCUT2D eigenvalue weighted by atomic mass is 31.2. The molecule has 77 heavy (non-hydrogen) atoms. The van der Waals surface area contributed by atoms with E-state index >= 15 is 0 Å². The highest BCUT2D eigenvalue weighted by Crippen LogP contribution is 2.43. The van der Waals surface area contributed by atoms with Gasteiger partial charge < -0.3 is 20.1 Å². The average molecular weight is 1100 g/mol. The smallest absolute Gasteiger partial charge is 0.462 e. The summed E-state index contributed by atoms with van der Waals surface area (Å²) in [5.74, 6) is -0.833. The summed E-state index contributed by atoms with van der Waals surface area (Å²) in [5.41, 5.74) is 5.39. The van der Waals surface area contributed by atoms with Crippen molar-refractivity contribution >= 4 is 19.8 Å². The molecule has 0 spiro atoms. The molecule has 0 aliphatic carbocycles. The van der Waals surface area contributed by atoms with Gasteiger partial charge in [0.05, 0.1) is 13.2 Å². The molecule has 10 heteroatoms. The first-order valence-corrected chi connectivity index (χ1v) is 33.2. The monoisotopic (exact) mass is 1100 g/mol. The maximum atomic E-state index is 12.7. The number of phosphoric ester groups is 1. The predicted molar refractivity (Wildman–Crippen MR) is 330 cm³/mol. The number of allylic oxidation sites excluding steroid dienone is 16. The van der Waals surface area contributed by atoms with E-state index in [1.807, 2.05) is 0 Å². The van der Waals surface area contributed by atoms with E-state index in [-0.39, 0.29) is 38.6 Å². The van der Waals surface area contributed by atoms with Crippen LogP contribution >= 0.6 is 7.82 Å². The van der Waals surface area contributed by atoms with Crippen LogP contribution in [-0.4, -0.2) is 49.3 Å². The van der Waals surface area contributed by atoms with Gasteiger partial charge in [0.15, 0.2) is 6.10 Å². The van der Waals surface area contributed by atoms with E-state index in [1.54, 1.807) is 0 Å². The van der Waals surface area contributed by atoms with Gasteiger partial charge in [-0.3, -0.25) is 18.6 Å². The molecule has 444 valence electrons. The van der Waals surface area contributed by atoms with Crippen LogP contribution in [0.15, 0.2) is 97.2 Å². The third-order valence-electron chi connectivity index (χ3n) is 13.5. The van der Waals surface area contributed by atoms with Crippen LogP contribution in [-0.2, 0) is 32.7 Å². The summed E-state index contributed by atoms with van der Waals surface area (Å²) >= 11 is 0. The fraction of sp³-hybridized carbons (Fsp3) is 0.731. The van der Waals surface area contributed by atoms with E-state index in [0.717, 1.165) is 89.9 Å². The summed E-state index contributed by atoms with van der Waals surface area (Å²) in [6, 6.07) is 0. The van der Waals surface area contributed by atoms with Gasteiger partial charge in [0.25, 0.3) is 0 Å². The minimum absolute atomic E-state index is 0.0483. The highest BCUT2D eigenvalue weighted by Gasteiger charge is 2.26. The highest BCUT2D eigenvalue weighted by molar-refractivity contribution is 7.47. The Balaban J connectivity index is 3.95. The number of ether oxygens (including phenoxy) is 2. The van der Waals surface area contributed by atoms with Crippen LogP contribution in [0.3, 0.4) is 0 Å². The molecule has 0 amide bonds. The Morgan fingerprint density at radius 2 is 0.714 bits per heavy atom. The molecule has 0 aromatic heterocycles. The Morgan fingerprint density at radius 3 is 1.06 bits per heavy atom. The van der Waals surface area contributed by atoms with E-state index in [9.17, 15) is 19.0 Å². The second-order valence-corrected chi connectivity index (χ2v) is 22.3. The summed E-state index contributed by atoms with van der Waals surface area (Å²) in [4.78, 5) is 35.3. The van der Waals surface area contributed by atoms with Gasteiger partial charge in [0.2, 0.25) is 0 Å². The lowest BCUT2D eigenvalue weighted by atomic mass is 10.0. The number of nitrogens with two attached hydrogens (primary N) is 1.